The SMILES string of the molecule is CC(C)[C@@H](NC(=O)CCCCCN1C(=O)C=CC1=O)C(=O)C[C@H](CCCNC(N)=O)C(=O)Nc1ccc(COC(=O)NCCOCCOCCOC(=O)O[C@H]2C[C@H](n3ccc4c(N[C@H]5CCc6ccccc65)ncnc43)C[C@H]2COS(N)(=O)=O)cc1. The van der Waals surface area contributed by atoms with E-state index in [0.29, 0.717) is 61.2 Å². The van der Waals surface area contributed by atoms with Crippen molar-refractivity contribution in [2.45, 2.75) is 115 Å². The molecular weight excluding hydrogens is 1140 g/mol. The number of nitrogens with two attached hydrogens (primary N) is 2. The number of carbonyl (C=O) groups is 8. The molecule has 0 spiro atoms. The molecule has 466 valence electrons. The second-order valence-corrected chi connectivity index (χ2v) is 22.7. The fourth-order valence-corrected chi connectivity index (χ4v) is 10.9. The van der Waals surface area contributed by atoms with Crippen LogP contribution in [0.2, 0.25) is 0 Å². The van der Waals surface area contributed by atoms with Crippen molar-refractivity contribution in [3.63, 3.8) is 0 Å². The molecule has 9 N–H and O–H groups in total. The molecule has 0 bridgehead atoms. The van der Waals surface area contributed by atoms with Crippen LogP contribution in [0, 0.1) is 17.8 Å². The molecule has 3 heterocycles. The highest BCUT2D eigenvalue weighted by molar-refractivity contribution is 7.84. The molecule has 6 atom stereocenters. The minimum absolute atomic E-state index is 0.0276. The van der Waals surface area contributed by atoms with E-state index in [0.717, 1.165) is 23.1 Å². The van der Waals surface area contributed by atoms with Crippen LogP contribution in [0.25, 0.3) is 11.0 Å². The Kier molecular flexibility index (Phi) is 24.7. The molecule has 3 aliphatic rings. The van der Waals surface area contributed by atoms with Crippen LogP contribution in [0.1, 0.15) is 107 Å². The Morgan fingerprint density at radius 3 is 2.31 bits per heavy atom. The van der Waals surface area contributed by atoms with Crippen LogP contribution in [-0.2, 0) is 75.2 Å². The van der Waals surface area contributed by atoms with E-state index >= 15 is 0 Å². The van der Waals surface area contributed by atoms with Crippen molar-refractivity contribution in [1.82, 2.24) is 35.4 Å². The third kappa shape index (κ3) is 20.3. The number of hydrogen-bond acceptors (Lipinski definition) is 19. The van der Waals surface area contributed by atoms with Gasteiger partial charge in [-0.05, 0) is 85.8 Å². The predicted octanol–water partition coefficient (Wildman–Crippen LogP) is 4.77. The van der Waals surface area contributed by atoms with E-state index in [-0.39, 0.29) is 127 Å². The van der Waals surface area contributed by atoms with Crippen LogP contribution in [-0.4, -0.2) is 147 Å². The average Bonchev–Trinajstić information content (AvgIpc) is 2.13. The number of imide groups is 1. The van der Waals surface area contributed by atoms with Crippen LogP contribution in [0.5, 0.6) is 0 Å². The highest BCUT2D eigenvalue weighted by Crippen LogP contribution is 2.41. The molecule has 7 rings (SSSR count). The molecule has 27 nitrogen and oxygen atoms in total. The number of ketones is 1. The molecule has 1 aliphatic heterocycles. The lowest BCUT2D eigenvalue weighted by Crippen LogP contribution is -2.45. The zero-order chi connectivity index (χ0) is 61.6. The maximum atomic E-state index is 13.7. The first-order chi connectivity index (χ1) is 41.3. The van der Waals surface area contributed by atoms with Gasteiger partial charge in [0.15, 0.2) is 5.78 Å². The van der Waals surface area contributed by atoms with Gasteiger partial charge in [-0.2, -0.15) is 8.42 Å². The number of alkyl carbamates (subject to hydrolysis) is 1. The molecule has 7 amide bonds. The lowest BCUT2D eigenvalue weighted by atomic mass is 9.89. The molecule has 0 unspecified atom stereocenters. The molecule has 28 heteroatoms. The summed E-state index contributed by atoms with van der Waals surface area (Å²) in [5.74, 6) is -2.78. The van der Waals surface area contributed by atoms with Crippen molar-refractivity contribution in [1.29, 1.82) is 0 Å². The van der Waals surface area contributed by atoms with Gasteiger partial charge in [0.05, 0.1) is 50.5 Å². The Morgan fingerprint density at radius 2 is 1.57 bits per heavy atom. The van der Waals surface area contributed by atoms with Crippen molar-refractivity contribution in [3.05, 3.63) is 96.0 Å². The summed E-state index contributed by atoms with van der Waals surface area (Å²) >= 11 is 0. The summed E-state index contributed by atoms with van der Waals surface area (Å²) < 4.78 is 57.7. The summed E-state index contributed by atoms with van der Waals surface area (Å²) in [5.41, 5.74) is 9.46. The van der Waals surface area contributed by atoms with Gasteiger partial charge >= 0.3 is 28.6 Å². The van der Waals surface area contributed by atoms with Crippen LogP contribution >= 0.6 is 0 Å². The minimum Gasteiger partial charge on any atom is -0.445 e. The number of anilines is 2. The lowest BCUT2D eigenvalue weighted by Gasteiger charge is -2.24. The summed E-state index contributed by atoms with van der Waals surface area (Å²) in [5, 5.41) is 20.3. The van der Waals surface area contributed by atoms with Crippen molar-refractivity contribution < 1.29 is 74.6 Å². The second kappa shape index (κ2) is 32.5. The topological polar surface area (TPSA) is 372 Å². The number of unbranched alkanes of at least 4 members (excludes halogenated alkanes) is 2. The number of carbonyl (C=O) groups excluding carboxylic acids is 8. The van der Waals surface area contributed by atoms with Gasteiger partial charge in [-0.1, -0.05) is 56.7 Å². The van der Waals surface area contributed by atoms with Gasteiger partial charge in [0.2, 0.25) is 11.8 Å². The third-order valence-electron chi connectivity index (χ3n) is 14.9. The van der Waals surface area contributed by atoms with E-state index in [4.69, 9.17) is 38.7 Å². The predicted molar refractivity (Wildman–Crippen MR) is 312 cm³/mol. The molecule has 2 aromatic carbocycles. The Labute approximate surface area is 498 Å². The minimum atomic E-state index is -4.27. The Balaban J connectivity index is 0.755. The quantitative estimate of drug-likeness (QED) is 0.0185. The number of urea groups is 1. The molecular formula is C58H77N11O16S. The van der Waals surface area contributed by atoms with E-state index in [1.807, 2.05) is 29.0 Å². The smallest absolute Gasteiger partial charge is 0.445 e. The number of rotatable bonds is 35. The second-order valence-electron chi connectivity index (χ2n) is 21.5. The average molecular weight is 1220 g/mol. The molecule has 0 radical (unpaired) electrons. The van der Waals surface area contributed by atoms with Crippen LogP contribution < -0.4 is 37.5 Å². The number of aryl methyl sites for hydroxylation is 1. The van der Waals surface area contributed by atoms with Crippen molar-refractivity contribution >= 4 is 80.5 Å². The first-order valence-electron chi connectivity index (χ1n) is 28.8. The number of Topliss-reactive ketones (excluding diaryl/α,β-unsaturated/α-hetero) is 1. The maximum Gasteiger partial charge on any atom is 0.508 e. The van der Waals surface area contributed by atoms with Gasteiger partial charge < -0.3 is 60.6 Å². The lowest BCUT2D eigenvalue weighted by molar-refractivity contribution is -0.137. The number of ether oxygens (including phenoxy) is 5. The van der Waals surface area contributed by atoms with E-state index in [9.17, 15) is 46.8 Å². The van der Waals surface area contributed by atoms with E-state index in [2.05, 4.69) is 48.7 Å². The summed E-state index contributed by atoms with van der Waals surface area (Å²) in [4.78, 5) is 111. The van der Waals surface area contributed by atoms with Crippen LogP contribution in [0.15, 0.2) is 79.3 Å². The first kappa shape index (κ1) is 65.5. The molecule has 86 heavy (non-hydrogen) atoms. The van der Waals surface area contributed by atoms with Gasteiger partial charge in [0.1, 0.15) is 37.1 Å². The highest BCUT2D eigenvalue weighted by Gasteiger charge is 2.40. The monoisotopic (exact) mass is 1220 g/mol. The number of hydrogen-bond donors (Lipinski definition) is 7. The molecule has 1 saturated carbocycles. The summed E-state index contributed by atoms with van der Waals surface area (Å²) in [6.45, 7) is 4.12. The maximum absolute atomic E-state index is 13.7. The van der Waals surface area contributed by atoms with E-state index in [1.165, 1.54) is 29.6 Å². The molecule has 2 aromatic heterocycles. The number of benzene rings is 2. The van der Waals surface area contributed by atoms with Gasteiger partial charge in [-0.3, -0.25) is 33.1 Å². The Bertz CT molecular complexity index is 3120. The zero-order valence-electron chi connectivity index (χ0n) is 48.3. The van der Waals surface area contributed by atoms with Crippen molar-refractivity contribution in [3.8, 4) is 0 Å². The number of nitrogens with zero attached hydrogens (tertiary/aromatic N) is 4. The van der Waals surface area contributed by atoms with Gasteiger partial charge in [-0.15, -0.1) is 0 Å². The van der Waals surface area contributed by atoms with Crippen molar-refractivity contribution in [2.24, 2.45) is 28.6 Å². The molecule has 4 aromatic rings. The Morgan fingerprint density at radius 1 is 0.826 bits per heavy atom. The fraction of sp³-hybridized carbons (Fsp3) is 0.517. The standard InChI is InChI=1S/C58H77N11O16S/c1-37(2)52(67-49(71)12-4-3-7-24-69-50(72)19-20-51(69)73)47(70)32-40(10-8-22-61-56(59)75)55(74)65-42-16-13-38(14-17-42)34-83-57(76)62-23-26-80-27-28-81-29-30-82-58(77)85-48-33-43(31-41(48)35-84-86(60,78)79)68-25-21-45-53(63-36-64-54(45)68)66-46-18-15-39-9-5-6-11-44(39)46/h5-6,9,11,13-14,16-17,19-21,25,36-37,40-41,43,46,48,52H,3-4,7-8,10,12,15,18,22-24,26-35H2,1-2H3,(H,62,76)(H,65,74)(H,67,71)(H3,59,61,75)(H2,60,78,79)(H,63,64,66)/t40-,41-,43+,46-,48-,52+/m0/s1. The Hall–Kier alpha value is -8.05. The van der Waals surface area contributed by atoms with Crippen LogP contribution in [0.3, 0.4) is 0 Å². The van der Waals surface area contributed by atoms with Gasteiger partial charge in [-0.25, -0.2) is 29.5 Å². The summed E-state index contributed by atoms with van der Waals surface area (Å²) in [6, 6.07) is 15.1. The number of amides is 7. The van der Waals surface area contributed by atoms with E-state index < -0.39 is 58.5 Å². The van der Waals surface area contributed by atoms with E-state index in [1.54, 1.807) is 38.1 Å². The number of fused-ring (bicyclic) bond motifs is 2. The summed E-state index contributed by atoms with van der Waals surface area (Å²) in [6.07, 6.45) is 8.13. The molecule has 1 fully saturated rings. The summed E-state index contributed by atoms with van der Waals surface area (Å²) in [7, 11) is -4.27. The first-order valence-corrected chi connectivity index (χ1v) is 30.3. The van der Waals surface area contributed by atoms with Gasteiger partial charge in [0, 0.05) is 80.8 Å². The highest BCUT2D eigenvalue weighted by atomic mass is 32.2. The van der Waals surface area contributed by atoms with Gasteiger partial charge in [0.25, 0.3) is 11.8 Å². The number of primary amides is 1. The molecule has 0 saturated heterocycles. The normalized spacial score (nSPS) is 17.9. The fourth-order valence-electron chi connectivity index (χ4n) is 10.6. The number of aromatic nitrogens is 3. The largest absolute Gasteiger partial charge is 0.508 e. The number of nitrogens with one attached hydrogen (secondary N) is 5. The van der Waals surface area contributed by atoms with Crippen molar-refractivity contribution in [2.75, 3.05) is 69.9 Å². The molecule has 2 aliphatic carbocycles. The zero-order valence-corrected chi connectivity index (χ0v) is 49.1. The van der Waals surface area contributed by atoms with Crippen LogP contribution in [0.4, 0.5) is 25.9 Å². The third-order valence-corrected chi connectivity index (χ3v) is 15.4.